The lowest BCUT2D eigenvalue weighted by molar-refractivity contribution is -0.137. The fraction of sp³-hybridized carbons (Fsp3) is 0.478. The smallest absolute Gasteiger partial charge is 0.341 e. The summed E-state index contributed by atoms with van der Waals surface area (Å²) in [6.07, 6.45) is -0.902. The van der Waals surface area contributed by atoms with Gasteiger partial charge in [0.15, 0.2) is 0 Å². The molecular formula is C23H26F3N3O. The van der Waals surface area contributed by atoms with Gasteiger partial charge in [0.1, 0.15) is 11.9 Å². The first-order valence-electron chi connectivity index (χ1n) is 10.3. The molecule has 3 atom stereocenters. The van der Waals surface area contributed by atoms with Gasteiger partial charge in [0, 0.05) is 24.5 Å². The third-order valence-corrected chi connectivity index (χ3v) is 6.37. The van der Waals surface area contributed by atoms with Crippen LogP contribution in [0.2, 0.25) is 0 Å². The van der Waals surface area contributed by atoms with Gasteiger partial charge in [-0.1, -0.05) is 18.6 Å². The van der Waals surface area contributed by atoms with Crippen LogP contribution in [0.25, 0.3) is 0 Å². The largest absolute Gasteiger partial charge is 0.416 e. The van der Waals surface area contributed by atoms with Crippen LogP contribution in [0.4, 0.5) is 24.7 Å². The zero-order valence-electron chi connectivity index (χ0n) is 17.4. The number of pyridine rings is 1. The van der Waals surface area contributed by atoms with Crippen molar-refractivity contribution in [2.45, 2.75) is 57.8 Å². The molecule has 0 radical (unpaired) electrons. The summed E-state index contributed by atoms with van der Waals surface area (Å²) in [6.45, 7) is 3.53. The average molecular weight is 417 g/mol. The molecule has 2 aliphatic rings. The molecule has 0 N–H and O–H groups in total. The summed E-state index contributed by atoms with van der Waals surface area (Å²) in [5.41, 5.74) is 1.41. The fourth-order valence-corrected chi connectivity index (χ4v) is 4.97. The van der Waals surface area contributed by atoms with Gasteiger partial charge in [-0.25, -0.2) is 4.98 Å². The highest BCUT2D eigenvalue weighted by Gasteiger charge is 2.48. The van der Waals surface area contributed by atoms with Crippen LogP contribution in [0.3, 0.4) is 0 Å². The van der Waals surface area contributed by atoms with Crippen LogP contribution in [-0.2, 0) is 11.0 Å². The second-order valence-electron chi connectivity index (χ2n) is 8.51. The number of nitrogens with zero attached hydrogens (tertiary/aromatic N) is 3. The first-order valence-corrected chi connectivity index (χ1v) is 10.3. The van der Waals surface area contributed by atoms with Gasteiger partial charge in [0.05, 0.1) is 5.56 Å². The van der Waals surface area contributed by atoms with Crippen LogP contribution >= 0.6 is 0 Å². The molecular weight excluding hydrogens is 391 g/mol. The summed E-state index contributed by atoms with van der Waals surface area (Å²) in [5.74, 6) is 0.459. The summed E-state index contributed by atoms with van der Waals surface area (Å²) in [4.78, 5) is 21.4. The third kappa shape index (κ3) is 3.77. The van der Waals surface area contributed by atoms with E-state index in [0.29, 0.717) is 18.0 Å². The van der Waals surface area contributed by atoms with Gasteiger partial charge in [-0.3, -0.25) is 4.79 Å². The number of hydrogen-bond donors (Lipinski definition) is 0. The van der Waals surface area contributed by atoms with E-state index in [1.807, 2.05) is 36.1 Å². The monoisotopic (exact) mass is 417 g/mol. The summed E-state index contributed by atoms with van der Waals surface area (Å²) >= 11 is 0. The van der Waals surface area contributed by atoms with Gasteiger partial charge < -0.3 is 9.80 Å². The van der Waals surface area contributed by atoms with Crippen molar-refractivity contribution in [3.05, 3.63) is 53.2 Å². The molecule has 1 aromatic carbocycles. The predicted octanol–water partition coefficient (Wildman–Crippen LogP) is 5.13. The van der Waals surface area contributed by atoms with Crippen molar-refractivity contribution in [1.29, 1.82) is 0 Å². The molecule has 4 rings (SSSR count). The van der Waals surface area contributed by atoms with Crippen LogP contribution in [0.1, 0.15) is 42.5 Å². The summed E-state index contributed by atoms with van der Waals surface area (Å²) < 4.78 is 40.3. The maximum absolute atomic E-state index is 13.5. The standard InChI is InChI=1S/C23H26F3N3O/c1-14-6-4-8-18(10-14)28(3)22(30)20-12-16-7-5-9-19(16)29(20)21-13-17(23(24,25)26)11-15(2)27-21/h4,6,8,10-11,13,16,19-20H,5,7,9,12H2,1-3H3/t16-,19-,20-/m0/s1. The van der Waals surface area contributed by atoms with Gasteiger partial charge in [-0.2, -0.15) is 13.2 Å². The molecule has 1 aliphatic carbocycles. The Morgan fingerprint density at radius 3 is 2.63 bits per heavy atom. The number of hydrogen-bond acceptors (Lipinski definition) is 3. The van der Waals surface area contributed by atoms with E-state index >= 15 is 0 Å². The highest BCUT2D eigenvalue weighted by molar-refractivity contribution is 5.99. The van der Waals surface area contributed by atoms with Gasteiger partial charge in [0.2, 0.25) is 5.91 Å². The summed E-state index contributed by atoms with van der Waals surface area (Å²) in [5, 5.41) is 0. The molecule has 1 aromatic heterocycles. The molecule has 1 saturated carbocycles. The van der Waals surface area contributed by atoms with Crippen molar-refractivity contribution >= 4 is 17.4 Å². The highest BCUT2D eigenvalue weighted by Crippen LogP contribution is 2.44. The Morgan fingerprint density at radius 1 is 1.17 bits per heavy atom. The average Bonchev–Trinajstić information content (AvgIpc) is 3.26. The van der Waals surface area contributed by atoms with E-state index in [4.69, 9.17) is 0 Å². The molecule has 160 valence electrons. The van der Waals surface area contributed by atoms with E-state index in [1.165, 1.54) is 0 Å². The van der Waals surface area contributed by atoms with Crippen LogP contribution < -0.4 is 9.80 Å². The fourth-order valence-electron chi connectivity index (χ4n) is 4.97. The molecule has 2 fully saturated rings. The number of halogens is 3. The zero-order valence-corrected chi connectivity index (χ0v) is 17.4. The molecule has 2 heterocycles. The minimum absolute atomic E-state index is 0.0558. The topological polar surface area (TPSA) is 36.4 Å². The number of benzene rings is 1. The van der Waals surface area contributed by atoms with Crippen molar-refractivity contribution in [2.75, 3.05) is 16.8 Å². The predicted molar refractivity (Wildman–Crippen MR) is 111 cm³/mol. The molecule has 7 heteroatoms. The maximum Gasteiger partial charge on any atom is 0.416 e. The van der Waals surface area contributed by atoms with E-state index in [9.17, 15) is 18.0 Å². The van der Waals surface area contributed by atoms with Gasteiger partial charge in [-0.15, -0.1) is 0 Å². The van der Waals surface area contributed by atoms with Gasteiger partial charge in [-0.05, 0) is 68.9 Å². The number of carbonyl (C=O) groups is 1. The number of carbonyl (C=O) groups excluding carboxylic acids is 1. The van der Waals surface area contributed by atoms with E-state index in [0.717, 1.165) is 42.6 Å². The van der Waals surface area contributed by atoms with E-state index in [1.54, 1.807) is 18.9 Å². The third-order valence-electron chi connectivity index (χ3n) is 6.37. The first kappa shape index (κ1) is 20.7. The highest BCUT2D eigenvalue weighted by atomic mass is 19.4. The van der Waals surface area contributed by atoms with Crippen LogP contribution in [0.15, 0.2) is 36.4 Å². The Kier molecular flexibility index (Phi) is 5.24. The molecule has 0 spiro atoms. The lowest BCUT2D eigenvalue weighted by Crippen LogP contribution is -2.47. The molecule has 1 amide bonds. The SMILES string of the molecule is Cc1cccc(N(C)C(=O)[C@@H]2C[C@@H]3CCC[C@@H]3N2c2cc(C(F)(F)F)cc(C)n2)c1. The number of fused-ring (bicyclic) bond motifs is 1. The van der Waals surface area contributed by atoms with Crippen molar-refractivity contribution in [3.63, 3.8) is 0 Å². The van der Waals surface area contributed by atoms with E-state index in [2.05, 4.69) is 4.98 Å². The number of aryl methyl sites for hydroxylation is 2. The molecule has 1 saturated heterocycles. The minimum Gasteiger partial charge on any atom is -0.341 e. The minimum atomic E-state index is -4.45. The van der Waals surface area contributed by atoms with Crippen LogP contribution in [0.5, 0.6) is 0 Å². The quantitative estimate of drug-likeness (QED) is 0.695. The molecule has 0 bridgehead atoms. The molecule has 30 heavy (non-hydrogen) atoms. The molecule has 1 aliphatic heterocycles. The van der Waals surface area contributed by atoms with Crippen molar-refractivity contribution in [2.24, 2.45) is 5.92 Å². The second kappa shape index (κ2) is 7.60. The number of rotatable bonds is 3. The Hall–Kier alpha value is -2.57. The van der Waals surface area contributed by atoms with Crippen LogP contribution in [-0.4, -0.2) is 30.0 Å². The normalized spacial score (nSPS) is 23.5. The van der Waals surface area contributed by atoms with Crippen molar-refractivity contribution < 1.29 is 18.0 Å². The number of anilines is 2. The lowest BCUT2D eigenvalue weighted by atomic mass is 10.0. The van der Waals surface area contributed by atoms with Crippen molar-refractivity contribution in [1.82, 2.24) is 4.98 Å². The Bertz CT molecular complexity index is 959. The summed E-state index contributed by atoms with van der Waals surface area (Å²) in [6, 6.07) is 9.36. The zero-order chi connectivity index (χ0) is 21.6. The number of amides is 1. The maximum atomic E-state index is 13.5. The van der Waals surface area contributed by atoms with Crippen molar-refractivity contribution in [3.8, 4) is 0 Å². The Morgan fingerprint density at radius 2 is 1.93 bits per heavy atom. The molecule has 4 nitrogen and oxygen atoms in total. The first-order chi connectivity index (χ1) is 14.1. The van der Waals surface area contributed by atoms with Crippen LogP contribution in [0, 0.1) is 19.8 Å². The number of alkyl halides is 3. The van der Waals surface area contributed by atoms with E-state index < -0.39 is 17.8 Å². The van der Waals surface area contributed by atoms with Gasteiger partial charge in [0.25, 0.3) is 0 Å². The Labute approximate surface area is 174 Å². The summed E-state index contributed by atoms with van der Waals surface area (Å²) in [7, 11) is 1.73. The molecule has 2 aromatic rings. The Balaban J connectivity index is 1.71. The molecule has 0 unspecified atom stereocenters. The lowest BCUT2D eigenvalue weighted by Gasteiger charge is -2.33. The number of aromatic nitrogens is 1. The van der Waals surface area contributed by atoms with Gasteiger partial charge >= 0.3 is 6.18 Å². The van der Waals surface area contributed by atoms with E-state index in [-0.39, 0.29) is 17.8 Å². The second-order valence-corrected chi connectivity index (χ2v) is 8.51. The number of likely N-dealkylation sites (N-methyl/N-ethyl adjacent to an activating group) is 1.